The molecule has 0 aromatic rings. The van der Waals surface area contributed by atoms with Crippen LogP contribution in [0, 0.1) is 0 Å². The highest BCUT2D eigenvalue weighted by Crippen LogP contribution is 2.45. The second-order valence-electron chi connectivity index (χ2n) is 23.0. The van der Waals surface area contributed by atoms with Gasteiger partial charge in [0.25, 0.3) is 0 Å². The normalized spacial score (nSPS) is 14.8. The number of carbonyl (C=O) groups is 3. The van der Waals surface area contributed by atoms with Crippen molar-refractivity contribution < 1.29 is 75.8 Å². The van der Waals surface area contributed by atoms with Gasteiger partial charge in [-0.15, -0.1) is 0 Å². The Labute approximate surface area is 539 Å². The number of aliphatic hydroxyl groups excluding tert-OH is 2. The molecule has 0 aliphatic rings. The molecular weight excluding hydrogens is 1170 g/mol. The standard InChI is InChI=1S/C71H124O16P2/c1-4-7-10-13-16-19-22-25-26-27-28-29-30-31-32-33-34-35-36-37-38-41-43-45-48-51-54-57-69(74)81-60-66(72)61-83-88(77,78)84-62-67(73)63-85-89(79,80)86-65-68(87-71(76)59-56-53-50-47-44-40-24-21-18-15-12-9-6-3)64-82-70(75)58-55-52-49-46-42-39-23-20-17-14-11-8-5-2/h11-12,14-16,19-21,23-26,28-29,31-32,66-68,72-73H,4-10,13,17-18,22,27,30,33-65H2,1-3H3,(H,77,78)(H,79,80)/b14-11-,15-12-,19-16-,23-20-,24-21-,26-25-,29-28-,32-31-. The lowest BCUT2D eigenvalue weighted by Gasteiger charge is -2.21. The first kappa shape index (κ1) is 85.5. The van der Waals surface area contributed by atoms with E-state index in [1.807, 2.05) is 0 Å². The van der Waals surface area contributed by atoms with Crippen LogP contribution in [-0.2, 0) is 55.8 Å². The van der Waals surface area contributed by atoms with E-state index in [4.69, 9.17) is 32.3 Å². The summed E-state index contributed by atoms with van der Waals surface area (Å²) in [5.74, 6) is -1.61. The molecule has 4 N–H and O–H groups in total. The number of aliphatic hydroxyl groups is 2. The largest absolute Gasteiger partial charge is 0.472 e. The maximum absolute atomic E-state index is 12.9. The van der Waals surface area contributed by atoms with Crippen LogP contribution in [0.4, 0.5) is 0 Å². The highest BCUT2D eigenvalue weighted by atomic mass is 31.2. The van der Waals surface area contributed by atoms with Gasteiger partial charge in [0.05, 0.1) is 26.4 Å². The molecule has 0 aliphatic heterocycles. The van der Waals surface area contributed by atoms with Gasteiger partial charge in [-0.1, -0.05) is 240 Å². The molecule has 0 rings (SSSR count). The van der Waals surface area contributed by atoms with Gasteiger partial charge in [-0.25, -0.2) is 9.13 Å². The molecule has 0 saturated carbocycles. The van der Waals surface area contributed by atoms with E-state index in [0.717, 1.165) is 148 Å². The fourth-order valence-corrected chi connectivity index (χ4v) is 10.5. The molecule has 514 valence electrons. The Bertz CT molecular complexity index is 2010. The molecule has 0 saturated heterocycles. The molecule has 16 nitrogen and oxygen atoms in total. The highest BCUT2D eigenvalue weighted by Gasteiger charge is 2.29. The van der Waals surface area contributed by atoms with Crippen LogP contribution in [0.1, 0.15) is 278 Å². The van der Waals surface area contributed by atoms with E-state index in [1.165, 1.54) is 70.6 Å². The minimum atomic E-state index is -4.93. The Kier molecular flexibility index (Phi) is 62.0. The molecule has 89 heavy (non-hydrogen) atoms. The number of hydrogen-bond acceptors (Lipinski definition) is 14. The number of allylic oxidation sites excluding steroid dienone is 16. The van der Waals surface area contributed by atoms with Crippen LogP contribution in [0.5, 0.6) is 0 Å². The minimum Gasteiger partial charge on any atom is -0.463 e. The molecule has 0 bridgehead atoms. The van der Waals surface area contributed by atoms with Crippen molar-refractivity contribution in [3.8, 4) is 0 Å². The molecule has 5 unspecified atom stereocenters. The number of hydrogen-bond donors (Lipinski definition) is 4. The molecule has 18 heteroatoms. The predicted octanol–water partition coefficient (Wildman–Crippen LogP) is 19.1. The van der Waals surface area contributed by atoms with E-state index in [2.05, 4.69) is 118 Å². The van der Waals surface area contributed by atoms with Gasteiger partial charge in [0.1, 0.15) is 25.4 Å². The molecule has 0 amide bonds. The topological polar surface area (TPSA) is 231 Å². The number of phosphoric acid groups is 2. The van der Waals surface area contributed by atoms with Crippen LogP contribution in [0.2, 0.25) is 0 Å². The monoisotopic (exact) mass is 1290 g/mol. The Morgan fingerprint density at radius 1 is 0.315 bits per heavy atom. The van der Waals surface area contributed by atoms with Crippen molar-refractivity contribution in [1.82, 2.24) is 0 Å². The number of unbranched alkanes of at least 4 members (excludes halogenated alkanes) is 26. The zero-order valence-corrected chi connectivity index (χ0v) is 57.4. The maximum atomic E-state index is 12.9. The van der Waals surface area contributed by atoms with Gasteiger partial charge in [-0.3, -0.25) is 32.5 Å². The van der Waals surface area contributed by atoms with Crippen LogP contribution in [0.3, 0.4) is 0 Å². The first-order valence-electron chi connectivity index (χ1n) is 34.5. The fraction of sp³-hybridized carbons (Fsp3) is 0.732. The van der Waals surface area contributed by atoms with Crippen molar-refractivity contribution in [3.63, 3.8) is 0 Å². The van der Waals surface area contributed by atoms with E-state index in [-0.39, 0.29) is 19.3 Å². The van der Waals surface area contributed by atoms with Crippen LogP contribution in [0.25, 0.3) is 0 Å². The van der Waals surface area contributed by atoms with Gasteiger partial charge < -0.3 is 34.2 Å². The smallest absolute Gasteiger partial charge is 0.463 e. The first-order chi connectivity index (χ1) is 43.2. The Hall–Kier alpha value is -3.53. The third kappa shape index (κ3) is 65.8. The number of rotatable bonds is 65. The molecule has 5 atom stereocenters. The number of phosphoric ester groups is 2. The molecule has 0 fully saturated rings. The lowest BCUT2D eigenvalue weighted by atomic mass is 10.0. The summed E-state index contributed by atoms with van der Waals surface area (Å²) in [4.78, 5) is 58.3. The van der Waals surface area contributed by atoms with Crippen LogP contribution in [-0.4, -0.2) is 95.9 Å². The lowest BCUT2D eigenvalue weighted by Crippen LogP contribution is -2.30. The highest BCUT2D eigenvalue weighted by molar-refractivity contribution is 7.47. The summed E-state index contributed by atoms with van der Waals surface area (Å²) in [5.41, 5.74) is 0. The first-order valence-corrected chi connectivity index (χ1v) is 37.5. The SMILES string of the molecule is CCC/C=C\C/C=C\CCCCCCCC(=O)OCC(COP(=O)(O)OCC(O)COP(=O)(O)OCC(O)COC(=O)CCCCCCCCCCCCC/C=C\C/C=C\C/C=C\C/C=C\CCCCC)OC(=O)CCCCCCC/C=C\C/C=C\CCC. The number of esters is 3. The van der Waals surface area contributed by atoms with Crippen molar-refractivity contribution in [1.29, 1.82) is 0 Å². The van der Waals surface area contributed by atoms with Gasteiger partial charge in [-0.05, 0) is 116 Å². The van der Waals surface area contributed by atoms with Crippen LogP contribution < -0.4 is 0 Å². The average molecular weight is 1300 g/mol. The Morgan fingerprint density at radius 3 is 0.933 bits per heavy atom. The number of carbonyl (C=O) groups excluding carboxylic acids is 3. The van der Waals surface area contributed by atoms with Crippen LogP contribution >= 0.6 is 15.6 Å². The minimum absolute atomic E-state index is 0.0848. The third-order valence-electron chi connectivity index (χ3n) is 14.2. The lowest BCUT2D eigenvalue weighted by molar-refractivity contribution is -0.161. The zero-order chi connectivity index (χ0) is 65.3. The summed E-state index contributed by atoms with van der Waals surface area (Å²) in [6.45, 7) is 2.47. The van der Waals surface area contributed by atoms with Gasteiger partial charge in [0, 0.05) is 19.3 Å². The fourth-order valence-electron chi connectivity index (χ4n) is 8.92. The molecule has 0 radical (unpaired) electrons. The molecular formula is C71H124O16P2. The molecule has 0 aromatic carbocycles. The van der Waals surface area contributed by atoms with Gasteiger partial charge in [-0.2, -0.15) is 0 Å². The second kappa shape index (κ2) is 64.6. The second-order valence-corrected chi connectivity index (χ2v) is 25.9. The average Bonchev–Trinajstić information content (AvgIpc) is 3.63. The van der Waals surface area contributed by atoms with Crippen molar-refractivity contribution >= 4 is 33.6 Å². The molecule has 0 heterocycles. The van der Waals surface area contributed by atoms with E-state index in [1.54, 1.807) is 0 Å². The molecule has 0 aromatic heterocycles. The summed E-state index contributed by atoms with van der Waals surface area (Å²) in [7, 11) is -9.78. The molecule has 0 spiro atoms. The van der Waals surface area contributed by atoms with E-state index >= 15 is 0 Å². The Morgan fingerprint density at radius 2 is 0.584 bits per heavy atom. The van der Waals surface area contributed by atoms with E-state index in [9.17, 15) is 43.5 Å². The predicted molar refractivity (Wildman–Crippen MR) is 362 cm³/mol. The van der Waals surface area contributed by atoms with Crippen molar-refractivity contribution in [2.75, 3.05) is 39.6 Å². The van der Waals surface area contributed by atoms with Crippen molar-refractivity contribution in [2.45, 2.75) is 296 Å². The van der Waals surface area contributed by atoms with Gasteiger partial charge in [0.15, 0.2) is 6.10 Å². The quantitative estimate of drug-likeness (QED) is 0.0146. The summed E-state index contributed by atoms with van der Waals surface area (Å²) in [5, 5.41) is 20.5. The summed E-state index contributed by atoms with van der Waals surface area (Å²) < 4.78 is 60.8. The maximum Gasteiger partial charge on any atom is 0.472 e. The number of ether oxygens (including phenoxy) is 3. The summed E-state index contributed by atoms with van der Waals surface area (Å²) in [6.07, 6.45) is 70.5. The van der Waals surface area contributed by atoms with E-state index < -0.39 is 91.5 Å². The van der Waals surface area contributed by atoms with Crippen molar-refractivity contribution in [2.24, 2.45) is 0 Å². The summed E-state index contributed by atoms with van der Waals surface area (Å²) >= 11 is 0. The third-order valence-corrected chi connectivity index (χ3v) is 16.1. The van der Waals surface area contributed by atoms with Gasteiger partial charge in [0.2, 0.25) is 0 Å². The van der Waals surface area contributed by atoms with E-state index in [0.29, 0.717) is 19.3 Å². The van der Waals surface area contributed by atoms with Gasteiger partial charge >= 0.3 is 33.6 Å². The molecule has 0 aliphatic carbocycles. The Balaban J connectivity index is 4.47. The summed E-state index contributed by atoms with van der Waals surface area (Å²) in [6, 6.07) is 0. The zero-order valence-electron chi connectivity index (χ0n) is 55.6. The van der Waals surface area contributed by atoms with Crippen molar-refractivity contribution in [3.05, 3.63) is 97.2 Å². The van der Waals surface area contributed by atoms with Crippen LogP contribution in [0.15, 0.2) is 97.2 Å².